The number of primary amides is 1. The van der Waals surface area contributed by atoms with E-state index in [9.17, 15) is 9.59 Å². The van der Waals surface area contributed by atoms with E-state index in [4.69, 9.17) is 10.6 Å². The molecule has 3 rings (SSSR count). The number of nitrogens with two attached hydrogens (primary N) is 2. The molecule has 33 heavy (non-hydrogen) atoms. The van der Waals surface area contributed by atoms with Crippen molar-refractivity contribution >= 4 is 30.0 Å². The first-order valence-electron chi connectivity index (χ1n) is 10.1. The van der Waals surface area contributed by atoms with Crippen LogP contribution in [0.2, 0.25) is 0 Å². The second kappa shape index (κ2) is 12.5. The van der Waals surface area contributed by atoms with Crippen molar-refractivity contribution in [3.05, 3.63) is 101 Å². The van der Waals surface area contributed by atoms with Gasteiger partial charge in [0.1, 0.15) is 0 Å². The van der Waals surface area contributed by atoms with Crippen LogP contribution in [-0.2, 0) is 11.2 Å². The van der Waals surface area contributed by atoms with Crippen molar-refractivity contribution in [1.29, 1.82) is 0 Å². The van der Waals surface area contributed by atoms with E-state index < -0.39 is 0 Å². The molecule has 0 aliphatic heterocycles. The van der Waals surface area contributed by atoms with Crippen LogP contribution in [0.4, 0.5) is 5.69 Å². The van der Waals surface area contributed by atoms with Crippen LogP contribution in [0, 0.1) is 0 Å². The molecule has 0 saturated heterocycles. The molecule has 0 fully saturated rings. The number of carbonyl (C=O) groups is 3. The molecule has 0 aliphatic rings. The van der Waals surface area contributed by atoms with Gasteiger partial charge in [-0.2, -0.15) is 0 Å². The van der Waals surface area contributed by atoms with Gasteiger partial charge < -0.3 is 10.6 Å². The number of pyridine rings is 1. The number of aldehydes is 1. The van der Waals surface area contributed by atoms with Crippen molar-refractivity contribution in [2.24, 2.45) is 11.6 Å². The van der Waals surface area contributed by atoms with Crippen molar-refractivity contribution in [1.82, 2.24) is 9.88 Å². The smallest absolute Gasteiger partial charge is 0.254 e. The van der Waals surface area contributed by atoms with E-state index in [-0.39, 0.29) is 12.3 Å². The molecule has 0 unspecified atom stereocenters. The molecule has 1 heterocycles. The summed E-state index contributed by atoms with van der Waals surface area (Å²) in [5.74, 6) is 6.23. The third-order valence-corrected chi connectivity index (χ3v) is 4.68. The molecular weight excluding hydrogens is 418 g/mol. The normalized spacial score (nSPS) is 10.5. The number of allylic oxidation sites excluding steroid dienone is 1. The Labute approximate surface area is 193 Å². The number of amides is 2. The minimum Gasteiger partial charge on any atom is -0.372 e. The number of aromatic nitrogens is 1. The fourth-order valence-corrected chi connectivity index (χ4v) is 3.08. The van der Waals surface area contributed by atoms with E-state index in [1.807, 2.05) is 54.6 Å². The van der Waals surface area contributed by atoms with Crippen molar-refractivity contribution in [2.45, 2.75) is 6.42 Å². The van der Waals surface area contributed by atoms with E-state index in [0.717, 1.165) is 22.5 Å². The van der Waals surface area contributed by atoms with Gasteiger partial charge in [0.25, 0.3) is 5.91 Å². The van der Waals surface area contributed by atoms with E-state index >= 15 is 0 Å². The summed E-state index contributed by atoms with van der Waals surface area (Å²) in [6, 6.07) is 18.7. The molecule has 1 aromatic heterocycles. The van der Waals surface area contributed by atoms with Crippen LogP contribution in [0.25, 0.3) is 5.70 Å². The number of carbonyl (C=O) groups excluding carboxylic acids is 3. The topological polar surface area (TPSA) is 123 Å². The van der Waals surface area contributed by atoms with Gasteiger partial charge in [0.2, 0.25) is 6.41 Å². The predicted octanol–water partition coefficient (Wildman–Crippen LogP) is 2.66. The minimum atomic E-state index is -0.206. The molecule has 0 atom stereocenters. The van der Waals surface area contributed by atoms with Crippen molar-refractivity contribution in [2.75, 3.05) is 19.1 Å². The predicted molar refractivity (Wildman–Crippen MR) is 129 cm³/mol. The Kier molecular flexibility index (Phi) is 9.48. The van der Waals surface area contributed by atoms with Crippen molar-refractivity contribution in [3.8, 4) is 0 Å². The zero-order valence-corrected chi connectivity index (χ0v) is 18.6. The van der Waals surface area contributed by atoms with Gasteiger partial charge in [0.15, 0.2) is 6.29 Å². The average Bonchev–Trinajstić information content (AvgIpc) is 2.85. The van der Waals surface area contributed by atoms with Gasteiger partial charge in [0, 0.05) is 37.6 Å². The molecule has 0 aliphatic carbocycles. The maximum atomic E-state index is 12.4. The van der Waals surface area contributed by atoms with Crippen LogP contribution in [0.1, 0.15) is 31.8 Å². The van der Waals surface area contributed by atoms with Crippen molar-refractivity contribution in [3.63, 3.8) is 0 Å². The maximum Gasteiger partial charge on any atom is 0.254 e. The first kappa shape index (κ1) is 25.0. The van der Waals surface area contributed by atoms with Crippen LogP contribution < -0.4 is 16.6 Å². The van der Waals surface area contributed by atoms with E-state index in [1.54, 1.807) is 43.6 Å². The molecule has 3 aromatic rings. The zero-order valence-electron chi connectivity index (χ0n) is 18.6. The lowest BCUT2D eigenvalue weighted by Crippen LogP contribution is -2.29. The highest BCUT2D eigenvalue weighted by molar-refractivity contribution is 6.01. The fourth-order valence-electron chi connectivity index (χ4n) is 3.08. The van der Waals surface area contributed by atoms with E-state index in [0.29, 0.717) is 23.8 Å². The number of hydrazine groups is 1. The Morgan fingerprint density at radius 1 is 1.00 bits per heavy atom. The van der Waals surface area contributed by atoms with Gasteiger partial charge in [-0.15, -0.1) is 0 Å². The Hall–Kier alpha value is -4.30. The summed E-state index contributed by atoms with van der Waals surface area (Å²) in [7, 11) is 3.33. The zero-order chi connectivity index (χ0) is 24.2. The van der Waals surface area contributed by atoms with Gasteiger partial charge in [-0.05, 0) is 42.3 Å². The van der Waals surface area contributed by atoms with Gasteiger partial charge in [-0.3, -0.25) is 24.4 Å². The molecule has 2 aromatic carbocycles. The highest BCUT2D eigenvalue weighted by Gasteiger charge is 2.15. The number of hydrogen-bond donors (Lipinski definition) is 2. The lowest BCUT2D eigenvalue weighted by molar-refractivity contribution is -0.106. The second-order valence-electron chi connectivity index (χ2n) is 7.11. The quantitative estimate of drug-likeness (QED) is 0.327. The summed E-state index contributed by atoms with van der Waals surface area (Å²) in [6.45, 7) is 0. The number of rotatable bonds is 7. The van der Waals surface area contributed by atoms with Gasteiger partial charge >= 0.3 is 0 Å². The average molecular weight is 446 g/mol. The molecule has 170 valence electrons. The summed E-state index contributed by atoms with van der Waals surface area (Å²) in [6.07, 6.45) is 6.92. The first-order valence-corrected chi connectivity index (χ1v) is 10.1. The first-order chi connectivity index (χ1) is 15.9. The van der Waals surface area contributed by atoms with Crippen LogP contribution in [0.3, 0.4) is 0 Å². The van der Waals surface area contributed by atoms with Gasteiger partial charge in [-0.1, -0.05) is 36.4 Å². The monoisotopic (exact) mass is 445 g/mol. The number of benzene rings is 2. The Morgan fingerprint density at radius 2 is 1.64 bits per heavy atom. The standard InChI is InChI=1S/C24H24N4O2.CH3NO/c1-27(2)24(30)22-16-18(8-10-20(22)17-29)9-11-23(19-12-14-26-15-13-19)28(25)21-6-4-3-5-7-21;2-1-3/h3-8,10-17H,9,25H2,1-2H3;1H,(H2,2,3)/b23-11-;. The van der Waals surface area contributed by atoms with Crippen LogP contribution in [0.5, 0.6) is 0 Å². The highest BCUT2D eigenvalue weighted by Crippen LogP contribution is 2.24. The number of nitrogens with zero attached hydrogens (tertiary/aromatic N) is 3. The molecule has 8 nitrogen and oxygen atoms in total. The highest BCUT2D eigenvalue weighted by atomic mass is 16.2. The summed E-state index contributed by atoms with van der Waals surface area (Å²) in [5, 5.41) is 1.63. The minimum absolute atomic E-state index is 0.206. The van der Waals surface area contributed by atoms with Gasteiger partial charge in [0.05, 0.1) is 16.9 Å². The molecule has 2 amide bonds. The summed E-state index contributed by atoms with van der Waals surface area (Å²) < 4.78 is 0. The van der Waals surface area contributed by atoms with Crippen LogP contribution >= 0.6 is 0 Å². The van der Waals surface area contributed by atoms with Crippen LogP contribution in [0.15, 0.2) is 79.1 Å². The van der Waals surface area contributed by atoms with E-state index in [2.05, 4.69) is 10.7 Å². The Balaban J connectivity index is 0.00000122. The molecular formula is C25H27N5O3. The third kappa shape index (κ3) is 6.84. The maximum absolute atomic E-state index is 12.4. The lowest BCUT2D eigenvalue weighted by Gasteiger charge is -2.22. The second-order valence-corrected chi connectivity index (χ2v) is 7.11. The summed E-state index contributed by atoms with van der Waals surface area (Å²) >= 11 is 0. The lowest BCUT2D eigenvalue weighted by atomic mass is 10.0. The largest absolute Gasteiger partial charge is 0.372 e. The van der Waals surface area contributed by atoms with Gasteiger partial charge in [-0.25, -0.2) is 5.84 Å². The molecule has 8 heteroatoms. The Morgan fingerprint density at radius 3 is 2.21 bits per heavy atom. The van der Waals surface area contributed by atoms with E-state index in [1.165, 1.54) is 4.90 Å². The number of hydrogen-bond acceptors (Lipinski definition) is 6. The van der Waals surface area contributed by atoms with Crippen molar-refractivity contribution < 1.29 is 14.4 Å². The molecule has 0 saturated carbocycles. The molecule has 0 bridgehead atoms. The summed E-state index contributed by atoms with van der Waals surface area (Å²) in [5.41, 5.74) is 8.41. The number of para-hydroxylation sites is 1. The Bertz CT molecular complexity index is 1100. The summed E-state index contributed by atoms with van der Waals surface area (Å²) in [4.78, 5) is 37.9. The SMILES string of the molecule is CN(C)C(=O)c1cc(C/C=C(/c2ccncc2)N(N)c2ccccc2)ccc1C=O.NC=O. The van der Waals surface area contributed by atoms with Crippen LogP contribution in [-0.4, -0.2) is 42.6 Å². The molecule has 0 radical (unpaired) electrons. The molecule has 4 N–H and O–H groups in total. The third-order valence-electron chi connectivity index (χ3n) is 4.68. The number of anilines is 1. The fraction of sp³-hybridized carbons (Fsp3) is 0.120. The molecule has 0 spiro atoms.